The Morgan fingerprint density at radius 1 is 1.08 bits per heavy atom. The number of benzene rings is 1. The molecule has 0 aliphatic heterocycles. The average molecular weight is 370 g/mol. The molecule has 142 valence electrons. The molecule has 0 saturated heterocycles. The highest BCUT2D eigenvalue weighted by Gasteiger charge is 2.23. The molecular weight excluding hydrogens is 338 g/mol. The molecule has 1 rings (SSSR count). The highest BCUT2D eigenvalue weighted by Crippen LogP contribution is 2.19. The van der Waals surface area contributed by atoms with Gasteiger partial charge >= 0.3 is 0 Å². The minimum absolute atomic E-state index is 0.104. The number of nitrogens with one attached hydrogen (secondary N) is 1. The number of sulfonamides is 1. The molecule has 0 bridgehead atoms. The molecule has 1 aromatic rings. The molecule has 0 aliphatic rings. The number of hydrogen-bond acceptors (Lipinski definition) is 4. The van der Waals surface area contributed by atoms with Crippen LogP contribution in [0, 0.1) is 5.92 Å². The van der Waals surface area contributed by atoms with Gasteiger partial charge < -0.3 is 9.80 Å². The number of carbonyl (C=O) groups excluding carboxylic acids is 1. The summed E-state index contributed by atoms with van der Waals surface area (Å²) >= 11 is 0. The van der Waals surface area contributed by atoms with Crippen molar-refractivity contribution in [1.29, 1.82) is 0 Å². The van der Waals surface area contributed by atoms with Gasteiger partial charge in [-0.25, -0.2) is 13.1 Å². The third kappa shape index (κ3) is 5.80. The van der Waals surface area contributed by atoms with Crippen molar-refractivity contribution in [3.8, 4) is 0 Å². The first-order valence-electron chi connectivity index (χ1n) is 8.64. The number of rotatable bonds is 9. The molecule has 1 amide bonds. The molecule has 6 nitrogen and oxygen atoms in total. The second kappa shape index (κ2) is 9.31. The van der Waals surface area contributed by atoms with Crippen LogP contribution in [0.2, 0.25) is 0 Å². The Balaban J connectivity index is 2.89. The Bertz CT molecular complexity index is 653. The van der Waals surface area contributed by atoms with Crippen molar-refractivity contribution in [3.05, 3.63) is 24.3 Å². The van der Waals surface area contributed by atoms with E-state index in [9.17, 15) is 13.2 Å². The van der Waals surface area contributed by atoms with Gasteiger partial charge in [0.2, 0.25) is 15.9 Å². The van der Waals surface area contributed by atoms with Gasteiger partial charge in [-0.15, -0.1) is 0 Å². The van der Waals surface area contributed by atoms with Gasteiger partial charge in [-0.05, 0) is 44.3 Å². The summed E-state index contributed by atoms with van der Waals surface area (Å²) in [7, 11) is 2.02. The first-order chi connectivity index (χ1) is 11.6. The van der Waals surface area contributed by atoms with Crippen LogP contribution >= 0.6 is 0 Å². The van der Waals surface area contributed by atoms with Gasteiger partial charge in [0.15, 0.2) is 0 Å². The largest absolute Gasteiger partial charge is 0.316 e. The molecule has 1 N–H and O–H groups in total. The van der Waals surface area contributed by atoms with E-state index in [0.29, 0.717) is 18.2 Å². The number of anilines is 1. The smallest absolute Gasteiger partial charge is 0.240 e. The Labute approximate surface area is 152 Å². The zero-order valence-electron chi connectivity index (χ0n) is 16.1. The normalized spacial score (nSPS) is 13.3. The summed E-state index contributed by atoms with van der Waals surface area (Å²) in [4.78, 5) is 15.1. The van der Waals surface area contributed by atoms with Gasteiger partial charge in [0.05, 0.1) is 4.90 Å². The van der Waals surface area contributed by atoms with E-state index in [2.05, 4.69) is 23.5 Å². The van der Waals surface area contributed by atoms with Crippen molar-refractivity contribution in [2.45, 2.75) is 44.6 Å². The lowest BCUT2D eigenvalue weighted by molar-refractivity contribution is -0.116. The lowest BCUT2D eigenvalue weighted by Gasteiger charge is -2.31. The van der Waals surface area contributed by atoms with Gasteiger partial charge in [-0.1, -0.05) is 26.7 Å². The average Bonchev–Trinajstić information content (AvgIpc) is 2.57. The van der Waals surface area contributed by atoms with E-state index in [1.165, 1.54) is 24.0 Å². The second-order valence-corrected chi connectivity index (χ2v) is 8.30. The van der Waals surface area contributed by atoms with E-state index in [-0.39, 0.29) is 16.8 Å². The molecule has 7 heteroatoms. The van der Waals surface area contributed by atoms with Crippen molar-refractivity contribution in [3.63, 3.8) is 0 Å². The van der Waals surface area contributed by atoms with E-state index in [1.54, 1.807) is 19.2 Å². The Morgan fingerprint density at radius 3 is 2.00 bits per heavy atom. The third-order valence-electron chi connectivity index (χ3n) is 4.75. The monoisotopic (exact) mass is 369 g/mol. The van der Waals surface area contributed by atoms with Crippen molar-refractivity contribution in [2.24, 2.45) is 5.92 Å². The quantitative estimate of drug-likeness (QED) is 0.725. The van der Waals surface area contributed by atoms with Crippen molar-refractivity contribution in [2.75, 3.05) is 32.6 Å². The zero-order chi connectivity index (χ0) is 19.2. The summed E-state index contributed by atoms with van der Waals surface area (Å²) in [6.07, 6.45) is 2.01. The van der Waals surface area contributed by atoms with Crippen LogP contribution < -0.4 is 9.62 Å². The molecule has 0 aliphatic carbocycles. The number of carbonyl (C=O) groups is 1. The van der Waals surface area contributed by atoms with Gasteiger partial charge in [0, 0.05) is 32.2 Å². The molecule has 0 radical (unpaired) electrons. The highest BCUT2D eigenvalue weighted by molar-refractivity contribution is 7.89. The minimum atomic E-state index is -3.58. The predicted molar refractivity (Wildman–Crippen MR) is 102 cm³/mol. The summed E-state index contributed by atoms with van der Waals surface area (Å²) < 4.78 is 27.9. The third-order valence-corrected chi connectivity index (χ3v) is 6.18. The number of hydrogen-bond donors (Lipinski definition) is 1. The van der Waals surface area contributed by atoms with Crippen LogP contribution in [0.1, 0.15) is 33.6 Å². The standard InChI is InChI=1S/C18H31N3O3S/c1-7-15(8-2)18(20(4)5)13-19-25(23,24)17-11-9-16(10-12-17)21(6)14(3)22/h9-12,15,18-19H,7-8,13H2,1-6H3/t18-/m0/s1. The maximum atomic E-state index is 12.6. The molecule has 0 unspecified atom stereocenters. The number of likely N-dealkylation sites (N-methyl/N-ethyl adjacent to an activating group) is 1. The second-order valence-electron chi connectivity index (χ2n) is 6.53. The van der Waals surface area contributed by atoms with E-state index in [0.717, 1.165) is 12.8 Å². The van der Waals surface area contributed by atoms with Gasteiger partial charge in [0.1, 0.15) is 0 Å². The molecule has 1 aromatic carbocycles. The number of amides is 1. The van der Waals surface area contributed by atoms with Gasteiger partial charge in [0.25, 0.3) is 0 Å². The fraction of sp³-hybridized carbons (Fsp3) is 0.611. The van der Waals surface area contributed by atoms with E-state index >= 15 is 0 Å². The highest BCUT2D eigenvalue weighted by atomic mass is 32.2. The minimum Gasteiger partial charge on any atom is -0.316 e. The van der Waals surface area contributed by atoms with E-state index < -0.39 is 10.0 Å². The molecule has 1 atom stereocenters. The lowest BCUT2D eigenvalue weighted by atomic mass is 9.93. The van der Waals surface area contributed by atoms with Crippen molar-refractivity contribution >= 4 is 21.6 Å². The Morgan fingerprint density at radius 2 is 1.60 bits per heavy atom. The summed E-state index contributed by atoms with van der Waals surface area (Å²) in [6, 6.07) is 6.48. The van der Waals surface area contributed by atoms with Crippen LogP contribution in [-0.2, 0) is 14.8 Å². The summed E-state index contributed by atoms with van der Waals surface area (Å²) in [6.45, 7) is 6.09. The van der Waals surface area contributed by atoms with Crippen LogP contribution in [0.25, 0.3) is 0 Å². The SMILES string of the molecule is CCC(CC)[C@H](CNS(=O)(=O)c1ccc(N(C)C(C)=O)cc1)N(C)C. The molecule has 0 saturated carbocycles. The Hall–Kier alpha value is -1.44. The zero-order valence-corrected chi connectivity index (χ0v) is 16.9. The van der Waals surface area contributed by atoms with Crippen molar-refractivity contribution < 1.29 is 13.2 Å². The number of nitrogens with zero attached hydrogens (tertiary/aromatic N) is 2. The van der Waals surface area contributed by atoms with E-state index in [4.69, 9.17) is 0 Å². The first-order valence-corrected chi connectivity index (χ1v) is 10.1. The van der Waals surface area contributed by atoms with Gasteiger partial charge in [-0.3, -0.25) is 4.79 Å². The molecule has 0 fully saturated rings. The molecule has 0 heterocycles. The van der Waals surface area contributed by atoms with Crippen molar-refractivity contribution in [1.82, 2.24) is 9.62 Å². The maximum absolute atomic E-state index is 12.6. The van der Waals surface area contributed by atoms with Crippen LogP contribution in [0.4, 0.5) is 5.69 Å². The Kier molecular flexibility index (Phi) is 8.05. The topological polar surface area (TPSA) is 69.7 Å². The van der Waals surface area contributed by atoms with Crippen LogP contribution in [-0.4, -0.2) is 53.0 Å². The molecule has 25 heavy (non-hydrogen) atoms. The molecule has 0 aromatic heterocycles. The fourth-order valence-electron chi connectivity index (χ4n) is 2.91. The lowest BCUT2D eigenvalue weighted by Crippen LogP contribution is -2.44. The molecular formula is C18H31N3O3S. The van der Waals surface area contributed by atoms with Crippen LogP contribution in [0.15, 0.2) is 29.2 Å². The summed E-state index contributed by atoms with van der Waals surface area (Å²) in [5, 5.41) is 0. The maximum Gasteiger partial charge on any atom is 0.240 e. The summed E-state index contributed by atoms with van der Waals surface area (Å²) in [5.74, 6) is 0.331. The fourth-order valence-corrected chi connectivity index (χ4v) is 3.96. The van der Waals surface area contributed by atoms with Crippen LogP contribution in [0.5, 0.6) is 0 Å². The summed E-state index contributed by atoms with van der Waals surface area (Å²) in [5.41, 5.74) is 0.662. The molecule has 0 spiro atoms. The predicted octanol–water partition coefficient (Wildman–Crippen LogP) is 2.31. The first kappa shape index (κ1) is 21.6. The van der Waals surface area contributed by atoms with E-state index in [1.807, 2.05) is 14.1 Å². The van der Waals surface area contributed by atoms with Gasteiger partial charge in [-0.2, -0.15) is 0 Å². The van der Waals surface area contributed by atoms with Crippen LogP contribution in [0.3, 0.4) is 0 Å².